The summed E-state index contributed by atoms with van der Waals surface area (Å²) >= 11 is 3.13. The molecule has 0 aliphatic carbocycles. The Hall–Kier alpha value is -1.29. The van der Waals surface area contributed by atoms with Gasteiger partial charge in [0.1, 0.15) is 0 Å². The lowest BCUT2D eigenvalue weighted by atomic mass is 10.1. The van der Waals surface area contributed by atoms with Crippen LogP contribution >= 0.6 is 15.9 Å². The molecule has 1 heterocycles. The van der Waals surface area contributed by atoms with Crippen molar-refractivity contribution >= 4 is 21.9 Å². The number of ether oxygens (including phenoxy) is 1. The highest BCUT2D eigenvalue weighted by atomic mass is 79.9. The van der Waals surface area contributed by atoms with Gasteiger partial charge in [-0.15, -0.1) is 0 Å². The molecule has 72 valence electrons. The Morgan fingerprint density at radius 1 is 1.29 bits per heavy atom. The van der Waals surface area contributed by atoms with Gasteiger partial charge in [0.2, 0.25) is 5.76 Å². The van der Waals surface area contributed by atoms with Crippen molar-refractivity contribution in [2.24, 2.45) is 0 Å². The van der Waals surface area contributed by atoms with Gasteiger partial charge in [0.05, 0.1) is 4.48 Å². The molecule has 0 fully saturated rings. The number of benzene rings is 1. The van der Waals surface area contributed by atoms with Crippen LogP contribution in [0.2, 0.25) is 0 Å². The quantitative estimate of drug-likeness (QED) is 0.784. The van der Waals surface area contributed by atoms with E-state index >= 15 is 0 Å². The zero-order chi connectivity index (χ0) is 10.1. The topological polar surface area (TPSA) is 46.5 Å². The first-order valence-electron chi connectivity index (χ1n) is 4.04. The Balaban J connectivity index is 2.36. The summed E-state index contributed by atoms with van der Waals surface area (Å²) in [7, 11) is 0. The molecule has 0 saturated heterocycles. The SMILES string of the molecule is O=C1OC(c2ccccc2)C(Br)=C1O. The highest BCUT2D eigenvalue weighted by Crippen LogP contribution is 2.37. The van der Waals surface area contributed by atoms with Crippen molar-refractivity contribution in [3.8, 4) is 0 Å². The standard InChI is InChI=1S/C10H7BrO3/c11-7-8(12)10(13)14-9(7)6-4-2-1-3-5-6/h1-5,9,12H. The third kappa shape index (κ3) is 1.42. The maximum absolute atomic E-state index is 11.0. The molecule has 1 aromatic rings. The monoisotopic (exact) mass is 254 g/mol. The van der Waals surface area contributed by atoms with Crippen LogP contribution in [0.3, 0.4) is 0 Å². The first-order chi connectivity index (χ1) is 6.70. The summed E-state index contributed by atoms with van der Waals surface area (Å²) in [6, 6.07) is 9.23. The Morgan fingerprint density at radius 3 is 2.43 bits per heavy atom. The van der Waals surface area contributed by atoms with Crippen LogP contribution in [-0.2, 0) is 9.53 Å². The molecule has 1 aliphatic rings. The number of aliphatic hydroxyl groups excluding tert-OH is 1. The van der Waals surface area contributed by atoms with Crippen molar-refractivity contribution in [2.75, 3.05) is 0 Å². The van der Waals surface area contributed by atoms with Gasteiger partial charge in [-0.2, -0.15) is 0 Å². The summed E-state index contributed by atoms with van der Waals surface area (Å²) in [5, 5.41) is 9.26. The second-order valence-electron chi connectivity index (χ2n) is 2.89. The summed E-state index contributed by atoms with van der Waals surface area (Å²) in [6.45, 7) is 0. The lowest BCUT2D eigenvalue weighted by molar-refractivity contribution is -0.142. The third-order valence-corrected chi connectivity index (χ3v) is 2.77. The van der Waals surface area contributed by atoms with Gasteiger partial charge in [-0.05, 0) is 21.5 Å². The average Bonchev–Trinajstić information content (AvgIpc) is 2.47. The van der Waals surface area contributed by atoms with Crippen LogP contribution in [0.5, 0.6) is 0 Å². The van der Waals surface area contributed by atoms with Crippen molar-refractivity contribution in [1.82, 2.24) is 0 Å². The minimum absolute atomic E-state index is 0.348. The number of cyclic esters (lactones) is 1. The van der Waals surface area contributed by atoms with Crippen LogP contribution in [0.15, 0.2) is 40.6 Å². The lowest BCUT2D eigenvalue weighted by Crippen LogP contribution is -2.02. The molecule has 0 radical (unpaired) electrons. The van der Waals surface area contributed by atoms with Crippen molar-refractivity contribution < 1.29 is 14.6 Å². The van der Waals surface area contributed by atoms with Gasteiger partial charge in [0, 0.05) is 0 Å². The molecule has 2 rings (SSSR count). The van der Waals surface area contributed by atoms with Crippen LogP contribution in [0.1, 0.15) is 11.7 Å². The normalized spacial score (nSPS) is 21.2. The van der Waals surface area contributed by atoms with E-state index in [1.807, 2.05) is 30.3 Å². The molecule has 0 spiro atoms. The van der Waals surface area contributed by atoms with E-state index in [0.29, 0.717) is 4.48 Å². The van der Waals surface area contributed by atoms with E-state index in [4.69, 9.17) is 4.74 Å². The number of esters is 1. The number of rotatable bonds is 1. The Bertz CT molecular complexity index is 397. The van der Waals surface area contributed by atoms with Crippen LogP contribution in [0.25, 0.3) is 0 Å². The fourth-order valence-electron chi connectivity index (χ4n) is 1.28. The fourth-order valence-corrected chi connectivity index (χ4v) is 1.80. The van der Waals surface area contributed by atoms with Crippen molar-refractivity contribution in [1.29, 1.82) is 0 Å². The minimum Gasteiger partial charge on any atom is -0.501 e. The number of hydrogen-bond acceptors (Lipinski definition) is 3. The largest absolute Gasteiger partial charge is 0.501 e. The summed E-state index contributed by atoms with van der Waals surface area (Å²) in [5.41, 5.74) is 0.830. The van der Waals surface area contributed by atoms with E-state index < -0.39 is 12.1 Å². The third-order valence-electron chi connectivity index (χ3n) is 1.98. The number of hydrogen-bond donors (Lipinski definition) is 1. The summed E-state index contributed by atoms with van der Waals surface area (Å²) in [4.78, 5) is 11.0. The van der Waals surface area contributed by atoms with Crippen molar-refractivity contribution in [3.63, 3.8) is 0 Å². The van der Waals surface area contributed by atoms with Gasteiger partial charge in [-0.1, -0.05) is 30.3 Å². The van der Waals surface area contributed by atoms with Crippen LogP contribution in [0, 0.1) is 0 Å². The predicted molar refractivity (Wildman–Crippen MR) is 53.9 cm³/mol. The van der Waals surface area contributed by atoms with E-state index in [9.17, 15) is 9.90 Å². The molecule has 0 amide bonds. The molecule has 1 aliphatic heterocycles. The number of carbonyl (C=O) groups is 1. The maximum Gasteiger partial charge on any atom is 0.375 e. The first-order valence-corrected chi connectivity index (χ1v) is 4.84. The molecule has 14 heavy (non-hydrogen) atoms. The van der Waals surface area contributed by atoms with Crippen molar-refractivity contribution in [3.05, 3.63) is 46.1 Å². The molecule has 1 aromatic carbocycles. The minimum atomic E-state index is -0.689. The predicted octanol–water partition coefficient (Wildman–Crippen LogP) is 2.45. The fraction of sp³-hybridized carbons (Fsp3) is 0.100. The molecular weight excluding hydrogens is 248 g/mol. The van der Waals surface area contributed by atoms with Gasteiger partial charge < -0.3 is 9.84 Å². The van der Waals surface area contributed by atoms with Crippen LogP contribution in [-0.4, -0.2) is 11.1 Å². The molecule has 1 atom stereocenters. The van der Waals surface area contributed by atoms with Gasteiger partial charge in [0.15, 0.2) is 6.10 Å². The summed E-state index contributed by atoms with van der Waals surface area (Å²) in [6.07, 6.45) is -0.510. The van der Waals surface area contributed by atoms with E-state index in [2.05, 4.69) is 15.9 Å². The van der Waals surface area contributed by atoms with Gasteiger partial charge in [-0.3, -0.25) is 0 Å². The molecule has 1 unspecified atom stereocenters. The van der Waals surface area contributed by atoms with Crippen LogP contribution in [0.4, 0.5) is 0 Å². The Morgan fingerprint density at radius 2 is 1.93 bits per heavy atom. The van der Waals surface area contributed by atoms with Gasteiger partial charge >= 0.3 is 5.97 Å². The molecule has 0 aromatic heterocycles. The van der Waals surface area contributed by atoms with Gasteiger partial charge in [-0.25, -0.2) is 4.79 Å². The maximum atomic E-state index is 11.0. The van der Waals surface area contributed by atoms with E-state index in [1.165, 1.54) is 0 Å². The zero-order valence-electron chi connectivity index (χ0n) is 7.11. The highest BCUT2D eigenvalue weighted by Gasteiger charge is 2.33. The molecule has 4 heteroatoms. The number of carbonyl (C=O) groups excluding carboxylic acids is 1. The zero-order valence-corrected chi connectivity index (χ0v) is 8.69. The summed E-state index contributed by atoms with van der Waals surface area (Å²) < 4.78 is 5.35. The Kier molecular flexibility index (Phi) is 2.29. The second kappa shape index (κ2) is 3.46. The van der Waals surface area contributed by atoms with Gasteiger partial charge in [0.25, 0.3) is 0 Å². The van der Waals surface area contributed by atoms with E-state index in [1.54, 1.807) is 0 Å². The number of aliphatic hydroxyl groups is 1. The van der Waals surface area contributed by atoms with Crippen molar-refractivity contribution in [2.45, 2.75) is 6.10 Å². The number of halogens is 1. The van der Waals surface area contributed by atoms with Crippen LogP contribution < -0.4 is 0 Å². The Labute approximate surface area is 89.1 Å². The first kappa shape index (κ1) is 9.27. The molecule has 0 bridgehead atoms. The smallest absolute Gasteiger partial charge is 0.375 e. The molecule has 1 N–H and O–H groups in total. The highest BCUT2D eigenvalue weighted by molar-refractivity contribution is 9.11. The average molecular weight is 255 g/mol. The molecule has 0 saturated carbocycles. The van der Waals surface area contributed by atoms with E-state index in [-0.39, 0.29) is 5.76 Å². The second-order valence-corrected chi connectivity index (χ2v) is 3.75. The summed E-state index contributed by atoms with van der Waals surface area (Å²) in [5.74, 6) is -1.04. The van der Waals surface area contributed by atoms with E-state index in [0.717, 1.165) is 5.56 Å². The molecule has 3 nitrogen and oxygen atoms in total. The molecular formula is C10H7BrO3. The lowest BCUT2D eigenvalue weighted by Gasteiger charge is -2.09.